The number of rotatable bonds is 2. The van der Waals surface area contributed by atoms with E-state index in [0.29, 0.717) is 0 Å². The maximum Gasteiger partial charge on any atom is 0.0580 e. The Morgan fingerprint density at radius 1 is 1.29 bits per heavy atom. The van der Waals surface area contributed by atoms with Crippen LogP contribution in [0, 0.1) is 25.7 Å². The van der Waals surface area contributed by atoms with E-state index in [1.807, 2.05) is 26.0 Å². The van der Waals surface area contributed by atoms with Crippen molar-refractivity contribution in [3.8, 4) is 11.8 Å². The molecule has 0 saturated carbocycles. The van der Waals surface area contributed by atoms with Crippen molar-refractivity contribution in [2.24, 2.45) is 0 Å². The monoisotopic (exact) mass is 188 g/mol. The highest BCUT2D eigenvalue weighted by Gasteiger charge is 1.92. The predicted molar refractivity (Wildman–Crippen MR) is 59.1 cm³/mol. The van der Waals surface area contributed by atoms with Crippen LogP contribution in [0.2, 0.25) is 0 Å². The Hall–Kier alpha value is -1.33. The van der Waals surface area contributed by atoms with Crippen molar-refractivity contribution in [1.29, 1.82) is 0 Å². The summed E-state index contributed by atoms with van der Waals surface area (Å²) in [6, 6.07) is 4.01. The molecule has 0 aliphatic carbocycles. The summed E-state index contributed by atoms with van der Waals surface area (Å²) >= 11 is 0. The Bertz CT molecular complexity index is 338. The molecule has 0 spiro atoms. The number of hydrogen-bond donors (Lipinski definition) is 1. The van der Waals surface area contributed by atoms with Crippen LogP contribution in [-0.2, 0) is 0 Å². The third kappa shape index (κ3) is 3.59. The lowest BCUT2D eigenvalue weighted by Crippen LogP contribution is -2.11. The number of nitrogens with zero attached hydrogens (tertiary/aromatic N) is 1. The summed E-state index contributed by atoms with van der Waals surface area (Å²) in [5, 5.41) is 3.16. The summed E-state index contributed by atoms with van der Waals surface area (Å²) < 4.78 is 0. The van der Waals surface area contributed by atoms with Crippen molar-refractivity contribution < 1.29 is 0 Å². The lowest BCUT2D eigenvalue weighted by molar-refractivity contribution is 0.811. The van der Waals surface area contributed by atoms with Crippen LogP contribution in [0.1, 0.15) is 23.9 Å². The van der Waals surface area contributed by atoms with Crippen LogP contribution >= 0.6 is 0 Å². The molecule has 0 fully saturated rings. The van der Waals surface area contributed by atoms with E-state index in [9.17, 15) is 0 Å². The number of hydrogen-bond acceptors (Lipinski definition) is 2. The minimum atomic E-state index is 0.747. The second kappa shape index (κ2) is 5.41. The normalized spacial score (nSPS) is 9.36. The van der Waals surface area contributed by atoms with Crippen molar-refractivity contribution in [3.05, 3.63) is 29.1 Å². The van der Waals surface area contributed by atoms with E-state index in [1.165, 1.54) is 0 Å². The van der Waals surface area contributed by atoms with Crippen molar-refractivity contribution in [2.75, 3.05) is 13.1 Å². The average molecular weight is 188 g/mol. The molecule has 14 heavy (non-hydrogen) atoms. The lowest BCUT2D eigenvalue weighted by atomic mass is 10.2. The molecule has 0 saturated heterocycles. The highest BCUT2D eigenvalue weighted by molar-refractivity contribution is 5.36. The number of nitrogens with one attached hydrogen (secondary N) is 1. The van der Waals surface area contributed by atoms with Gasteiger partial charge in [0.25, 0.3) is 0 Å². The van der Waals surface area contributed by atoms with Gasteiger partial charge < -0.3 is 5.32 Å². The molecule has 0 amide bonds. The fourth-order valence-electron chi connectivity index (χ4n) is 1.24. The number of pyridine rings is 1. The largest absolute Gasteiger partial charge is 0.306 e. The minimum absolute atomic E-state index is 0.747. The molecule has 2 heteroatoms. The van der Waals surface area contributed by atoms with Gasteiger partial charge in [-0.25, -0.2) is 0 Å². The molecule has 0 radical (unpaired) electrons. The molecule has 0 aromatic carbocycles. The molecular formula is C12H16N2. The van der Waals surface area contributed by atoms with Crippen LogP contribution in [0.15, 0.2) is 12.1 Å². The fourth-order valence-corrected chi connectivity index (χ4v) is 1.24. The summed E-state index contributed by atoms with van der Waals surface area (Å²) in [6.07, 6.45) is 0. The van der Waals surface area contributed by atoms with Gasteiger partial charge in [-0.1, -0.05) is 18.8 Å². The Labute approximate surface area is 85.8 Å². The molecule has 1 aromatic rings. The molecule has 1 heterocycles. The van der Waals surface area contributed by atoms with E-state index >= 15 is 0 Å². The van der Waals surface area contributed by atoms with Crippen molar-refractivity contribution in [3.63, 3.8) is 0 Å². The summed E-state index contributed by atoms with van der Waals surface area (Å²) in [4.78, 5) is 4.30. The van der Waals surface area contributed by atoms with Gasteiger partial charge >= 0.3 is 0 Å². The van der Waals surface area contributed by atoms with Gasteiger partial charge in [0, 0.05) is 17.0 Å². The molecule has 0 aliphatic heterocycles. The zero-order chi connectivity index (χ0) is 10.4. The second-order valence-electron chi connectivity index (χ2n) is 3.22. The van der Waals surface area contributed by atoms with Crippen LogP contribution in [-0.4, -0.2) is 18.1 Å². The first-order valence-electron chi connectivity index (χ1n) is 4.87. The Morgan fingerprint density at radius 3 is 2.50 bits per heavy atom. The van der Waals surface area contributed by atoms with Crippen molar-refractivity contribution >= 4 is 0 Å². The van der Waals surface area contributed by atoms with Gasteiger partial charge in [-0.15, -0.1) is 0 Å². The molecule has 1 N–H and O–H groups in total. The van der Waals surface area contributed by atoms with Gasteiger partial charge in [-0.3, -0.25) is 4.98 Å². The predicted octanol–water partition coefficient (Wildman–Crippen LogP) is 1.66. The van der Waals surface area contributed by atoms with E-state index in [0.717, 1.165) is 30.0 Å². The first-order valence-corrected chi connectivity index (χ1v) is 4.87. The SMILES string of the molecule is CCNCC#Cc1cc(C)nc(C)c1. The summed E-state index contributed by atoms with van der Waals surface area (Å²) in [5.74, 6) is 6.18. The summed E-state index contributed by atoms with van der Waals surface area (Å²) in [6.45, 7) is 7.76. The van der Waals surface area contributed by atoms with E-state index in [2.05, 4.69) is 29.1 Å². The number of aryl methyl sites for hydroxylation is 2. The average Bonchev–Trinajstić information content (AvgIpc) is 2.11. The molecule has 0 unspecified atom stereocenters. The van der Waals surface area contributed by atoms with Gasteiger partial charge in [-0.05, 0) is 32.5 Å². The van der Waals surface area contributed by atoms with Crippen LogP contribution in [0.4, 0.5) is 0 Å². The fraction of sp³-hybridized carbons (Fsp3) is 0.417. The van der Waals surface area contributed by atoms with Gasteiger partial charge in [-0.2, -0.15) is 0 Å². The maximum absolute atomic E-state index is 4.30. The first-order chi connectivity index (χ1) is 6.72. The van der Waals surface area contributed by atoms with E-state index in [4.69, 9.17) is 0 Å². The van der Waals surface area contributed by atoms with Crippen LogP contribution in [0.5, 0.6) is 0 Å². The quantitative estimate of drug-likeness (QED) is 0.564. The first kappa shape index (κ1) is 10.7. The third-order valence-electron chi connectivity index (χ3n) is 1.78. The smallest absolute Gasteiger partial charge is 0.0580 e. The van der Waals surface area contributed by atoms with Crippen LogP contribution in [0.3, 0.4) is 0 Å². The highest BCUT2D eigenvalue weighted by Crippen LogP contribution is 2.02. The molecule has 1 aromatic heterocycles. The Morgan fingerprint density at radius 2 is 1.93 bits per heavy atom. The van der Waals surface area contributed by atoms with Gasteiger partial charge in [0.05, 0.1) is 6.54 Å². The molecule has 0 bridgehead atoms. The van der Waals surface area contributed by atoms with Gasteiger partial charge in [0.1, 0.15) is 0 Å². The second-order valence-corrected chi connectivity index (χ2v) is 3.22. The molecule has 0 aliphatic rings. The van der Waals surface area contributed by atoms with Gasteiger partial charge in [0.15, 0.2) is 0 Å². The van der Waals surface area contributed by atoms with Crippen LogP contribution < -0.4 is 5.32 Å². The minimum Gasteiger partial charge on any atom is -0.306 e. The highest BCUT2D eigenvalue weighted by atomic mass is 14.8. The number of aromatic nitrogens is 1. The topological polar surface area (TPSA) is 24.9 Å². The summed E-state index contributed by atoms with van der Waals surface area (Å²) in [7, 11) is 0. The van der Waals surface area contributed by atoms with E-state index in [1.54, 1.807) is 0 Å². The lowest BCUT2D eigenvalue weighted by Gasteiger charge is -1.96. The molecule has 0 atom stereocenters. The van der Waals surface area contributed by atoms with Crippen molar-refractivity contribution in [2.45, 2.75) is 20.8 Å². The van der Waals surface area contributed by atoms with E-state index in [-0.39, 0.29) is 0 Å². The molecule has 1 rings (SSSR count). The van der Waals surface area contributed by atoms with Crippen LogP contribution in [0.25, 0.3) is 0 Å². The van der Waals surface area contributed by atoms with E-state index < -0.39 is 0 Å². The Kier molecular flexibility index (Phi) is 4.15. The zero-order valence-corrected chi connectivity index (χ0v) is 9.02. The Balaban J connectivity index is 2.69. The molecule has 74 valence electrons. The standard InChI is InChI=1S/C12H16N2/c1-4-13-7-5-6-12-8-10(2)14-11(3)9-12/h8-9,13H,4,7H2,1-3H3. The van der Waals surface area contributed by atoms with Gasteiger partial charge in [0.2, 0.25) is 0 Å². The zero-order valence-electron chi connectivity index (χ0n) is 9.02. The maximum atomic E-state index is 4.30. The van der Waals surface area contributed by atoms with Crippen molar-refractivity contribution in [1.82, 2.24) is 10.3 Å². The summed E-state index contributed by atoms with van der Waals surface area (Å²) in [5.41, 5.74) is 3.10. The molecular weight excluding hydrogens is 172 g/mol. The third-order valence-corrected chi connectivity index (χ3v) is 1.78. The molecule has 2 nitrogen and oxygen atoms in total.